The molecule has 0 aromatic carbocycles. The van der Waals surface area contributed by atoms with E-state index in [2.05, 4.69) is 30.8 Å². The highest BCUT2D eigenvalue weighted by Gasteiger charge is 2.38. The largest absolute Gasteiger partial charge is 0.460 e. The van der Waals surface area contributed by atoms with Crippen LogP contribution in [0.3, 0.4) is 0 Å². The fourth-order valence-electron chi connectivity index (χ4n) is 2.54. The van der Waals surface area contributed by atoms with Gasteiger partial charge in [0.15, 0.2) is 0 Å². The summed E-state index contributed by atoms with van der Waals surface area (Å²) in [5.74, 6) is 0. The van der Waals surface area contributed by atoms with E-state index < -0.39 is 0 Å². The van der Waals surface area contributed by atoms with Gasteiger partial charge >= 0.3 is 0 Å². The molecule has 2 unspecified atom stereocenters. The molecule has 1 aliphatic carbocycles. The third-order valence-corrected chi connectivity index (χ3v) is 3.34. The molecule has 3 heteroatoms. The molecule has 2 rings (SSSR count). The van der Waals surface area contributed by atoms with Crippen LogP contribution in [0.15, 0.2) is 4.99 Å². The number of ether oxygens (including phenoxy) is 1. The maximum Gasteiger partial charge on any atom is 0.288 e. The summed E-state index contributed by atoms with van der Waals surface area (Å²) >= 11 is 0. The minimum absolute atomic E-state index is 0.324. The standard InChI is InChI=1S/C12H22N2O/c1-9(2)13-12-14(3)10-7-5-4-6-8-11(10)15-12/h9-11H,4-8H2,1-3H3. The monoisotopic (exact) mass is 210 g/mol. The van der Waals surface area contributed by atoms with Gasteiger partial charge in [0.2, 0.25) is 0 Å². The fourth-order valence-corrected chi connectivity index (χ4v) is 2.54. The Morgan fingerprint density at radius 2 is 2.00 bits per heavy atom. The summed E-state index contributed by atoms with van der Waals surface area (Å²) in [6, 6.07) is 1.76. The Morgan fingerprint density at radius 1 is 1.27 bits per heavy atom. The van der Waals surface area contributed by atoms with Crippen LogP contribution in [-0.2, 0) is 4.74 Å². The molecule has 0 aromatic heterocycles. The first-order chi connectivity index (χ1) is 7.18. The average molecular weight is 210 g/mol. The molecule has 86 valence electrons. The Morgan fingerprint density at radius 3 is 2.73 bits per heavy atom. The van der Waals surface area contributed by atoms with Gasteiger partial charge in [0, 0.05) is 13.1 Å². The van der Waals surface area contributed by atoms with Crippen molar-refractivity contribution >= 4 is 6.02 Å². The molecular formula is C12H22N2O. The van der Waals surface area contributed by atoms with Crippen LogP contribution in [0.2, 0.25) is 0 Å². The quantitative estimate of drug-likeness (QED) is 0.664. The second kappa shape index (κ2) is 4.42. The zero-order valence-electron chi connectivity index (χ0n) is 10.1. The van der Waals surface area contributed by atoms with Gasteiger partial charge in [-0.15, -0.1) is 0 Å². The van der Waals surface area contributed by atoms with E-state index in [-0.39, 0.29) is 0 Å². The van der Waals surface area contributed by atoms with Crippen molar-refractivity contribution in [3.05, 3.63) is 0 Å². The van der Waals surface area contributed by atoms with E-state index in [1.807, 2.05) is 0 Å². The van der Waals surface area contributed by atoms with Crippen LogP contribution in [-0.4, -0.2) is 36.2 Å². The summed E-state index contributed by atoms with van der Waals surface area (Å²) in [5, 5.41) is 0. The second-order valence-electron chi connectivity index (χ2n) is 4.98. The molecule has 1 saturated carbocycles. The SMILES string of the molecule is CC(C)N=C1OC2CCCCCC2N1C. The highest BCUT2D eigenvalue weighted by Crippen LogP contribution is 2.29. The number of aliphatic imine (C=N–C) groups is 1. The molecule has 2 fully saturated rings. The molecule has 0 aromatic rings. The summed E-state index contributed by atoms with van der Waals surface area (Å²) in [5.41, 5.74) is 0. The highest BCUT2D eigenvalue weighted by atomic mass is 16.5. The third kappa shape index (κ3) is 2.27. The van der Waals surface area contributed by atoms with Crippen molar-refractivity contribution in [2.75, 3.05) is 7.05 Å². The van der Waals surface area contributed by atoms with E-state index >= 15 is 0 Å². The van der Waals surface area contributed by atoms with Crippen LogP contribution in [0, 0.1) is 0 Å². The Balaban J connectivity index is 2.09. The number of fused-ring (bicyclic) bond motifs is 1. The fraction of sp³-hybridized carbons (Fsp3) is 0.917. The van der Waals surface area contributed by atoms with Crippen molar-refractivity contribution in [3.63, 3.8) is 0 Å². The summed E-state index contributed by atoms with van der Waals surface area (Å²) < 4.78 is 5.94. The third-order valence-electron chi connectivity index (χ3n) is 3.34. The molecule has 0 spiro atoms. The lowest BCUT2D eigenvalue weighted by Crippen LogP contribution is -2.33. The van der Waals surface area contributed by atoms with Gasteiger partial charge < -0.3 is 9.64 Å². The van der Waals surface area contributed by atoms with Crippen LogP contribution < -0.4 is 0 Å². The Labute approximate surface area is 92.5 Å². The molecule has 0 bridgehead atoms. The zero-order chi connectivity index (χ0) is 10.8. The number of rotatable bonds is 1. The number of amidine groups is 1. The minimum Gasteiger partial charge on any atom is -0.460 e. The normalized spacial score (nSPS) is 34.1. The Kier molecular flexibility index (Phi) is 3.17. The van der Waals surface area contributed by atoms with Crippen LogP contribution in [0.1, 0.15) is 46.0 Å². The molecule has 1 saturated heterocycles. The predicted octanol–water partition coefficient (Wildman–Crippen LogP) is 2.41. The van der Waals surface area contributed by atoms with Gasteiger partial charge in [0.1, 0.15) is 6.10 Å². The number of hydrogen-bond acceptors (Lipinski definition) is 2. The molecule has 2 atom stereocenters. The summed E-state index contributed by atoms with van der Waals surface area (Å²) in [6.07, 6.45) is 6.87. The van der Waals surface area contributed by atoms with Crippen molar-refractivity contribution in [2.24, 2.45) is 4.99 Å². The number of hydrogen-bond donors (Lipinski definition) is 0. The van der Waals surface area contributed by atoms with Gasteiger partial charge in [0.05, 0.1) is 6.04 Å². The first kappa shape index (κ1) is 10.8. The van der Waals surface area contributed by atoms with E-state index in [0.717, 1.165) is 6.02 Å². The first-order valence-electron chi connectivity index (χ1n) is 6.16. The average Bonchev–Trinajstić information content (AvgIpc) is 2.40. The van der Waals surface area contributed by atoms with Crippen molar-refractivity contribution in [2.45, 2.75) is 64.1 Å². The van der Waals surface area contributed by atoms with E-state index in [9.17, 15) is 0 Å². The van der Waals surface area contributed by atoms with Crippen LogP contribution in [0.25, 0.3) is 0 Å². The van der Waals surface area contributed by atoms with E-state index in [0.29, 0.717) is 18.2 Å². The van der Waals surface area contributed by atoms with Gasteiger partial charge in [-0.1, -0.05) is 12.8 Å². The molecule has 1 heterocycles. The Hall–Kier alpha value is -0.730. The number of likely N-dealkylation sites (N-methyl/N-ethyl adjacent to an activating group) is 1. The molecule has 0 amide bonds. The molecule has 2 aliphatic rings. The van der Waals surface area contributed by atoms with Crippen molar-refractivity contribution in [3.8, 4) is 0 Å². The van der Waals surface area contributed by atoms with Gasteiger partial charge in [-0.05, 0) is 33.1 Å². The van der Waals surface area contributed by atoms with Crippen molar-refractivity contribution in [1.29, 1.82) is 0 Å². The summed E-state index contributed by atoms with van der Waals surface area (Å²) in [4.78, 5) is 6.78. The molecule has 1 aliphatic heterocycles. The molecule has 0 radical (unpaired) electrons. The van der Waals surface area contributed by atoms with E-state index in [1.165, 1.54) is 32.1 Å². The van der Waals surface area contributed by atoms with Crippen LogP contribution >= 0.6 is 0 Å². The molecule has 0 N–H and O–H groups in total. The maximum atomic E-state index is 5.94. The van der Waals surface area contributed by atoms with E-state index in [4.69, 9.17) is 4.74 Å². The first-order valence-corrected chi connectivity index (χ1v) is 6.16. The lowest BCUT2D eigenvalue weighted by atomic mass is 10.1. The highest BCUT2D eigenvalue weighted by molar-refractivity contribution is 5.76. The lowest BCUT2D eigenvalue weighted by molar-refractivity contribution is 0.181. The van der Waals surface area contributed by atoms with Crippen molar-refractivity contribution < 1.29 is 4.74 Å². The minimum atomic E-state index is 0.324. The maximum absolute atomic E-state index is 5.94. The second-order valence-corrected chi connectivity index (χ2v) is 4.98. The lowest BCUT2D eigenvalue weighted by Gasteiger charge is -2.19. The smallest absolute Gasteiger partial charge is 0.288 e. The van der Waals surface area contributed by atoms with Gasteiger partial charge in [-0.3, -0.25) is 0 Å². The van der Waals surface area contributed by atoms with Crippen LogP contribution in [0.5, 0.6) is 0 Å². The topological polar surface area (TPSA) is 24.8 Å². The van der Waals surface area contributed by atoms with Gasteiger partial charge in [0.25, 0.3) is 6.02 Å². The predicted molar refractivity (Wildman–Crippen MR) is 62.1 cm³/mol. The molecule has 15 heavy (non-hydrogen) atoms. The summed E-state index contributed by atoms with van der Waals surface area (Å²) in [7, 11) is 2.12. The Bertz CT molecular complexity index is 250. The zero-order valence-corrected chi connectivity index (χ0v) is 10.1. The van der Waals surface area contributed by atoms with Crippen molar-refractivity contribution in [1.82, 2.24) is 4.90 Å². The van der Waals surface area contributed by atoms with Gasteiger partial charge in [-0.25, -0.2) is 4.99 Å². The number of nitrogens with zero attached hydrogens (tertiary/aromatic N) is 2. The molecular weight excluding hydrogens is 188 g/mol. The molecule has 3 nitrogen and oxygen atoms in total. The summed E-state index contributed by atoms with van der Waals surface area (Å²) in [6.45, 7) is 4.19. The van der Waals surface area contributed by atoms with E-state index in [1.54, 1.807) is 0 Å². The van der Waals surface area contributed by atoms with Crippen LogP contribution in [0.4, 0.5) is 0 Å². The van der Waals surface area contributed by atoms with Gasteiger partial charge in [-0.2, -0.15) is 0 Å².